The third kappa shape index (κ3) is 1.41. The van der Waals surface area contributed by atoms with Crippen molar-refractivity contribution in [2.24, 2.45) is 0 Å². The first-order valence-corrected chi connectivity index (χ1v) is 2.97. The minimum atomic E-state index is -4.61. The van der Waals surface area contributed by atoms with Gasteiger partial charge in [-0.3, -0.25) is 4.79 Å². The first kappa shape index (κ1) is 8.63. The number of H-pyrrole nitrogens is 1. The van der Waals surface area contributed by atoms with Crippen LogP contribution in [0, 0.1) is 0 Å². The summed E-state index contributed by atoms with van der Waals surface area (Å²) >= 11 is 0. The minimum Gasteiger partial charge on any atom is -0.394 e. The van der Waals surface area contributed by atoms with Crippen molar-refractivity contribution >= 4 is 5.69 Å². The van der Waals surface area contributed by atoms with Crippen LogP contribution in [0.3, 0.4) is 0 Å². The van der Waals surface area contributed by atoms with E-state index in [2.05, 4.69) is 0 Å². The second kappa shape index (κ2) is 2.54. The first-order valence-electron chi connectivity index (χ1n) is 2.97. The number of pyridine rings is 1. The molecule has 0 radical (unpaired) electrons. The quantitative estimate of drug-likeness (QED) is 0.622. The SMILES string of the molecule is Nc1c(C(F)(F)F)[nH]ccc1=O. The van der Waals surface area contributed by atoms with E-state index < -0.39 is 23.0 Å². The predicted octanol–water partition coefficient (Wildman–Crippen LogP) is 0.976. The predicted molar refractivity (Wildman–Crippen MR) is 36.5 cm³/mol. The van der Waals surface area contributed by atoms with Crippen LogP contribution in [0.1, 0.15) is 5.69 Å². The fraction of sp³-hybridized carbons (Fsp3) is 0.167. The lowest BCUT2D eigenvalue weighted by Gasteiger charge is -2.07. The van der Waals surface area contributed by atoms with Crippen molar-refractivity contribution in [1.82, 2.24) is 4.98 Å². The number of nitrogens with two attached hydrogens (primary N) is 1. The Balaban J connectivity index is 3.36. The van der Waals surface area contributed by atoms with Gasteiger partial charge in [-0.1, -0.05) is 0 Å². The number of aromatic amines is 1. The van der Waals surface area contributed by atoms with Gasteiger partial charge in [0.05, 0.1) is 0 Å². The van der Waals surface area contributed by atoms with E-state index in [4.69, 9.17) is 5.73 Å². The Morgan fingerprint density at radius 2 is 2.00 bits per heavy atom. The molecule has 0 saturated heterocycles. The molecule has 0 fully saturated rings. The maximum atomic E-state index is 12.0. The Kier molecular flexibility index (Phi) is 1.83. The maximum absolute atomic E-state index is 12.0. The number of halogens is 3. The number of hydrogen-bond donors (Lipinski definition) is 2. The van der Waals surface area contributed by atoms with Crippen molar-refractivity contribution in [2.45, 2.75) is 6.18 Å². The summed E-state index contributed by atoms with van der Waals surface area (Å²) in [6.07, 6.45) is -3.70. The Hall–Kier alpha value is -1.46. The largest absolute Gasteiger partial charge is 0.433 e. The molecule has 1 aromatic rings. The first-order chi connectivity index (χ1) is 5.43. The molecule has 6 heteroatoms. The zero-order chi connectivity index (χ0) is 9.35. The van der Waals surface area contributed by atoms with E-state index >= 15 is 0 Å². The number of nitrogen functional groups attached to an aromatic ring is 1. The topological polar surface area (TPSA) is 58.9 Å². The molecule has 66 valence electrons. The standard InChI is InChI=1S/C6H5F3N2O/c7-6(8,9)5-4(10)3(12)1-2-11-5/h1-2H,10H2,(H,11,12). The van der Waals surface area contributed by atoms with E-state index in [-0.39, 0.29) is 0 Å². The van der Waals surface area contributed by atoms with Crippen LogP contribution < -0.4 is 11.2 Å². The molecule has 3 nitrogen and oxygen atoms in total. The molecule has 12 heavy (non-hydrogen) atoms. The molecule has 1 heterocycles. The van der Waals surface area contributed by atoms with Crippen molar-refractivity contribution < 1.29 is 13.2 Å². The molecular weight excluding hydrogens is 173 g/mol. The second-order valence-corrected chi connectivity index (χ2v) is 2.13. The lowest BCUT2D eigenvalue weighted by molar-refractivity contribution is -0.140. The molecule has 0 unspecified atom stereocenters. The average molecular weight is 178 g/mol. The lowest BCUT2D eigenvalue weighted by atomic mass is 10.3. The van der Waals surface area contributed by atoms with E-state index in [1.165, 1.54) is 0 Å². The van der Waals surface area contributed by atoms with Crippen LogP contribution >= 0.6 is 0 Å². The van der Waals surface area contributed by atoms with E-state index in [0.29, 0.717) is 0 Å². The van der Waals surface area contributed by atoms with Gasteiger partial charge in [0.15, 0.2) is 0 Å². The van der Waals surface area contributed by atoms with Gasteiger partial charge in [0.1, 0.15) is 11.4 Å². The van der Waals surface area contributed by atoms with E-state index in [9.17, 15) is 18.0 Å². The second-order valence-electron chi connectivity index (χ2n) is 2.13. The van der Waals surface area contributed by atoms with Gasteiger partial charge in [0.2, 0.25) is 5.43 Å². The molecule has 0 atom stereocenters. The Bertz CT molecular complexity index is 341. The van der Waals surface area contributed by atoms with Crippen molar-refractivity contribution in [3.8, 4) is 0 Å². The monoisotopic (exact) mass is 178 g/mol. The van der Waals surface area contributed by atoms with Gasteiger partial charge < -0.3 is 10.7 Å². The molecule has 1 rings (SSSR count). The van der Waals surface area contributed by atoms with Gasteiger partial charge in [-0.25, -0.2) is 0 Å². The molecule has 0 aliphatic heterocycles. The zero-order valence-electron chi connectivity index (χ0n) is 5.77. The minimum absolute atomic E-state index is 0.801. The third-order valence-corrected chi connectivity index (χ3v) is 1.28. The Labute approximate surface area is 65.0 Å². The summed E-state index contributed by atoms with van der Waals surface area (Å²) < 4.78 is 35.9. The molecule has 0 bridgehead atoms. The lowest BCUT2D eigenvalue weighted by Crippen LogP contribution is -2.18. The molecule has 0 spiro atoms. The highest BCUT2D eigenvalue weighted by molar-refractivity contribution is 5.43. The highest BCUT2D eigenvalue weighted by Gasteiger charge is 2.34. The molecule has 0 aliphatic carbocycles. The molecule has 0 saturated carbocycles. The van der Waals surface area contributed by atoms with Gasteiger partial charge in [-0.2, -0.15) is 13.2 Å². The third-order valence-electron chi connectivity index (χ3n) is 1.28. The van der Waals surface area contributed by atoms with E-state index in [1.54, 1.807) is 0 Å². The zero-order valence-corrected chi connectivity index (χ0v) is 5.77. The van der Waals surface area contributed by atoms with Crippen LogP contribution in [0.4, 0.5) is 18.9 Å². The van der Waals surface area contributed by atoms with E-state index in [1.807, 2.05) is 4.98 Å². The molecular formula is C6H5F3N2O. The van der Waals surface area contributed by atoms with E-state index in [0.717, 1.165) is 12.3 Å². The van der Waals surface area contributed by atoms with Crippen molar-refractivity contribution in [1.29, 1.82) is 0 Å². The van der Waals surface area contributed by atoms with Gasteiger partial charge in [0, 0.05) is 12.3 Å². The molecule has 0 aromatic carbocycles. The van der Waals surface area contributed by atoms with Gasteiger partial charge in [-0.05, 0) is 0 Å². The summed E-state index contributed by atoms with van der Waals surface area (Å²) in [5.74, 6) is 0. The number of aromatic nitrogens is 1. The number of anilines is 1. The Morgan fingerprint density at radius 1 is 1.42 bits per heavy atom. The molecule has 0 aliphatic rings. The fourth-order valence-electron chi connectivity index (χ4n) is 0.726. The maximum Gasteiger partial charge on any atom is 0.433 e. The van der Waals surface area contributed by atoms with Crippen LogP contribution in [0.15, 0.2) is 17.1 Å². The highest BCUT2D eigenvalue weighted by atomic mass is 19.4. The summed E-state index contributed by atoms with van der Waals surface area (Å²) in [6.45, 7) is 0. The van der Waals surface area contributed by atoms with Crippen LogP contribution in [-0.2, 0) is 6.18 Å². The van der Waals surface area contributed by atoms with Crippen molar-refractivity contribution in [3.05, 3.63) is 28.2 Å². The molecule has 1 aromatic heterocycles. The summed E-state index contributed by atoms with van der Waals surface area (Å²) in [5.41, 5.74) is 2.07. The van der Waals surface area contributed by atoms with Crippen molar-refractivity contribution in [3.63, 3.8) is 0 Å². The van der Waals surface area contributed by atoms with Gasteiger partial charge in [-0.15, -0.1) is 0 Å². The van der Waals surface area contributed by atoms with Gasteiger partial charge in [0.25, 0.3) is 0 Å². The summed E-state index contributed by atoms with van der Waals surface area (Å²) in [5, 5.41) is 0. The highest BCUT2D eigenvalue weighted by Crippen LogP contribution is 2.29. The van der Waals surface area contributed by atoms with Crippen LogP contribution in [0.25, 0.3) is 0 Å². The van der Waals surface area contributed by atoms with Crippen LogP contribution in [-0.4, -0.2) is 4.98 Å². The van der Waals surface area contributed by atoms with Crippen LogP contribution in [0.5, 0.6) is 0 Å². The van der Waals surface area contributed by atoms with Gasteiger partial charge >= 0.3 is 6.18 Å². The normalized spacial score (nSPS) is 11.6. The van der Waals surface area contributed by atoms with Crippen LogP contribution in [0.2, 0.25) is 0 Å². The number of hydrogen-bond acceptors (Lipinski definition) is 2. The number of alkyl halides is 3. The number of rotatable bonds is 0. The Morgan fingerprint density at radius 3 is 2.42 bits per heavy atom. The number of nitrogens with one attached hydrogen (secondary N) is 1. The van der Waals surface area contributed by atoms with Crippen molar-refractivity contribution in [2.75, 3.05) is 5.73 Å². The average Bonchev–Trinajstić information content (AvgIpc) is 1.92. The fourth-order valence-corrected chi connectivity index (χ4v) is 0.726. The summed E-state index contributed by atoms with van der Waals surface area (Å²) in [6, 6.07) is 0.935. The summed E-state index contributed by atoms with van der Waals surface area (Å²) in [4.78, 5) is 12.5. The molecule has 3 N–H and O–H groups in total. The summed E-state index contributed by atoms with van der Waals surface area (Å²) in [7, 11) is 0. The smallest absolute Gasteiger partial charge is 0.394 e. The molecule has 0 amide bonds.